The molecule has 0 amide bonds. The molecule has 3 rings (SSSR count). The number of nitrogens with zero attached hydrogens (tertiary/aromatic N) is 3. The Morgan fingerprint density at radius 2 is 2.04 bits per heavy atom. The van der Waals surface area contributed by atoms with E-state index < -0.39 is 0 Å². The highest BCUT2D eigenvalue weighted by Crippen LogP contribution is 2.20. The van der Waals surface area contributed by atoms with Crippen LogP contribution in [0.5, 0.6) is 0 Å². The number of benzene rings is 1. The van der Waals surface area contributed by atoms with Crippen molar-refractivity contribution in [2.24, 2.45) is 10.7 Å². The van der Waals surface area contributed by atoms with E-state index in [1.807, 2.05) is 24.4 Å². The van der Waals surface area contributed by atoms with E-state index in [4.69, 9.17) is 5.73 Å². The third-order valence-corrected chi connectivity index (χ3v) is 4.61. The maximum Gasteiger partial charge on any atom is 0.188 e. The fourth-order valence-corrected chi connectivity index (χ4v) is 3.25. The Morgan fingerprint density at radius 3 is 2.84 bits per heavy atom. The van der Waals surface area contributed by atoms with Crippen LogP contribution in [-0.2, 0) is 13.0 Å². The van der Waals surface area contributed by atoms with Crippen molar-refractivity contribution >= 4 is 5.96 Å². The van der Waals surface area contributed by atoms with Crippen LogP contribution in [0.4, 0.5) is 0 Å². The quantitative estimate of drug-likeness (QED) is 0.600. The molecule has 0 saturated carbocycles. The molecule has 5 nitrogen and oxygen atoms in total. The lowest BCUT2D eigenvalue weighted by Gasteiger charge is -2.23. The van der Waals surface area contributed by atoms with Gasteiger partial charge < -0.3 is 11.1 Å². The number of hydrogen-bond donors (Lipinski definition) is 2. The van der Waals surface area contributed by atoms with Crippen molar-refractivity contribution < 1.29 is 0 Å². The van der Waals surface area contributed by atoms with Crippen LogP contribution < -0.4 is 11.1 Å². The zero-order chi connectivity index (χ0) is 17.3. The van der Waals surface area contributed by atoms with E-state index >= 15 is 0 Å². The predicted molar refractivity (Wildman–Crippen MR) is 102 cm³/mol. The summed E-state index contributed by atoms with van der Waals surface area (Å²) >= 11 is 0. The highest BCUT2D eigenvalue weighted by Gasteiger charge is 2.24. The first-order valence-corrected chi connectivity index (χ1v) is 9.03. The van der Waals surface area contributed by atoms with Gasteiger partial charge in [0.15, 0.2) is 5.96 Å². The fourth-order valence-electron chi connectivity index (χ4n) is 3.25. The van der Waals surface area contributed by atoms with Crippen molar-refractivity contribution in [1.29, 1.82) is 0 Å². The average Bonchev–Trinajstić information content (AvgIpc) is 3.09. The summed E-state index contributed by atoms with van der Waals surface area (Å²) in [7, 11) is 0. The first-order valence-electron chi connectivity index (χ1n) is 9.03. The lowest BCUT2D eigenvalue weighted by Crippen LogP contribution is -2.36. The Kier molecular flexibility index (Phi) is 6.40. The highest BCUT2D eigenvalue weighted by molar-refractivity contribution is 5.77. The van der Waals surface area contributed by atoms with E-state index in [9.17, 15) is 0 Å². The molecule has 1 atom stereocenters. The maximum absolute atomic E-state index is 6.01. The monoisotopic (exact) mass is 337 g/mol. The van der Waals surface area contributed by atoms with Crippen molar-refractivity contribution in [2.75, 3.05) is 19.6 Å². The zero-order valence-electron chi connectivity index (χ0n) is 14.6. The molecular weight excluding hydrogens is 310 g/mol. The number of pyridine rings is 1. The Bertz CT molecular complexity index is 656. The van der Waals surface area contributed by atoms with Gasteiger partial charge in [0.05, 0.1) is 6.54 Å². The van der Waals surface area contributed by atoms with Crippen LogP contribution in [0.3, 0.4) is 0 Å². The van der Waals surface area contributed by atoms with Crippen molar-refractivity contribution in [1.82, 2.24) is 15.2 Å². The molecule has 0 aliphatic carbocycles. The third-order valence-electron chi connectivity index (χ3n) is 4.61. The number of hydrogen-bond acceptors (Lipinski definition) is 3. The van der Waals surface area contributed by atoms with Gasteiger partial charge in [-0.05, 0) is 37.1 Å². The van der Waals surface area contributed by atoms with Gasteiger partial charge >= 0.3 is 0 Å². The van der Waals surface area contributed by atoms with Crippen LogP contribution in [-0.4, -0.2) is 41.5 Å². The molecule has 1 aliphatic heterocycles. The fraction of sp³-hybridized carbons (Fsp3) is 0.400. The van der Waals surface area contributed by atoms with Crippen LogP contribution >= 0.6 is 0 Å². The zero-order valence-corrected chi connectivity index (χ0v) is 14.6. The van der Waals surface area contributed by atoms with Crippen LogP contribution in [0.2, 0.25) is 0 Å². The number of aliphatic imine (C=N–C) groups is 1. The van der Waals surface area contributed by atoms with Crippen LogP contribution in [0.25, 0.3) is 0 Å². The van der Waals surface area contributed by atoms with Crippen molar-refractivity contribution in [3.63, 3.8) is 0 Å². The summed E-state index contributed by atoms with van der Waals surface area (Å²) in [5.41, 5.74) is 8.44. The smallest absolute Gasteiger partial charge is 0.188 e. The van der Waals surface area contributed by atoms with Crippen LogP contribution in [0, 0.1) is 0 Å². The standard InChI is InChI=1S/C20H27N5/c21-20(23-13-11-18-9-4-5-12-22-18)24-15-19-10-6-14-25(19)16-17-7-2-1-3-8-17/h1-5,7-9,12,19H,6,10-11,13-16H2,(H3,21,23,24). The molecule has 132 valence electrons. The first-order chi connectivity index (χ1) is 12.3. The lowest BCUT2D eigenvalue weighted by molar-refractivity contribution is 0.250. The minimum Gasteiger partial charge on any atom is -0.370 e. The lowest BCUT2D eigenvalue weighted by atomic mass is 10.2. The van der Waals surface area contributed by atoms with Gasteiger partial charge in [0.25, 0.3) is 0 Å². The minimum absolute atomic E-state index is 0.483. The first kappa shape index (κ1) is 17.4. The SMILES string of the molecule is NC(=NCC1CCCN1Cc1ccccc1)NCCc1ccccn1. The largest absolute Gasteiger partial charge is 0.370 e. The minimum atomic E-state index is 0.483. The van der Waals surface area contributed by atoms with Crippen molar-refractivity contribution in [2.45, 2.75) is 31.8 Å². The van der Waals surface area contributed by atoms with E-state index in [2.05, 4.69) is 50.5 Å². The van der Waals surface area contributed by atoms with E-state index in [0.717, 1.165) is 38.3 Å². The molecule has 0 radical (unpaired) electrons. The van der Waals surface area contributed by atoms with E-state index in [1.165, 1.54) is 18.4 Å². The van der Waals surface area contributed by atoms with Crippen molar-refractivity contribution in [3.8, 4) is 0 Å². The predicted octanol–water partition coefficient (Wildman–Crippen LogP) is 2.19. The summed E-state index contributed by atoms with van der Waals surface area (Å²) in [5.74, 6) is 0.530. The van der Waals surface area contributed by atoms with Gasteiger partial charge in [0.2, 0.25) is 0 Å². The third kappa shape index (κ3) is 5.57. The highest BCUT2D eigenvalue weighted by atomic mass is 15.2. The van der Waals surface area contributed by atoms with Gasteiger partial charge in [0, 0.05) is 37.4 Å². The molecule has 2 heterocycles. The summed E-state index contributed by atoms with van der Waals surface area (Å²) < 4.78 is 0. The molecule has 3 N–H and O–H groups in total. The summed E-state index contributed by atoms with van der Waals surface area (Å²) in [6.45, 7) is 3.65. The van der Waals surface area contributed by atoms with E-state index in [1.54, 1.807) is 0 Å². The Morgan fingerprint density at radius 1 is 1.20 bits per heavy atom. The number of likely N-dealkylation sites (tertiary alicyclic amines) is 1. The van der Waals surface area contributed by atoms with Gasteiger partial charge in [-0.25, -0.2) is 0 Å². The Balaban J connectivity index is 1.43. The van der Waals surface area contributed by atoms with E-state index in [0.29, 0.717) is 12.0 Å². The summed E-state index contributed by atoms with van der Waals surface area (Å²) in [6.07, 6.45) is 5.09. The summed E-state index contributed by atoms with van der Waals surface area (Å²) in [5, 5.41) is 3.19. The van der Waals surface area contributed by atoms with Gasteiger partial charge in [-0.15, -0.1) is 0 Å². The maximum atomic E-state index is 6.01. The molecule has 1 unspecified atom stereocenters. The average molecular weight is 337 g/mol. The molecule has 5 heteroatoms. The molecule has 1 aromatic carbocycles. The summed E-state index contributed by atoms with van der Waals surface area (Å²) in [6, 6.07) is 17.1. The Hall–Kier alpha value is -2.40. The molecule has 1 fully saturated rings. The van der Waals surface area contributed by atoms with Crippen molar-refractivity contribution in [3.05, 3.63) is 66.0 Å². The summed E-state index contributed by atoms with van der Waals surface area (Å²) in [4.78, 5) is 11.4. The number of nitrogens with one attached hydrogen (secondary N) is 1. The molecule has 0 bridgehead atoms. The number of rotatable bonds is 7. The van der Waals surface area contributed by atoms with Crippen LogP contribution in [0.15, 0.2) is 59.7 Å². The normalized spacial score (nSPS) is 18.4. The second-order valence-corrected chi connectivity index (χ2v) is 6.48. The molecule has 1 aliphatic rings. The number of guanidine groups is 1. The van der Waals surface area contributed by atoms with Crippen LogP contribution in [0.1, 0.15) is 24.1 Å². The number of aromatic nitrogens is 1. The van der Waals surface area contributed by atoms with Gasteiger partial charge in [-0.2, -0.15) is 0 Å². The molecule has 0 spiro atoms. The van der Waals surface area contributed by atoms with E-state index in [-0.39, 0.29) is 0 Å². The second kappa shape index (κ2) is 9.18. The Labute approximate surface area is 150 Å². The molecule has 2 aromatic rings. The van der Waals surface area contributed by atoms with Gasteiger partial charge in [0.1, 0.15) is 0 Å². The molecule has 25 heavy (non-hydrogen) atoms. The molecule has 1 aromatic heterocycles. The second-order valence-electron chi connectivity index (χ2n) is 6.48. The molecular formula is C20H27N5. The number of nitrogens with two attached hydrogens (primary N) is 1. The van der Waals surface area contributed by atoms with Gasteiger partial charge in [-0.3, -0.25) is 14.9 Å². The molecule has 1 saturated heterocycles. The van der Waals surface area contributed by atoms with Gasteiger partial charge in [-0.1, -0.05) is 36.4 Å². The topological polar surface area (TPSA) is 66.5 Å².